The van der Waals surface area contributed by atoms with E-state index < -0.39 is 11.9 Å². The van der Waals surface area contributed by atoms with Crippen LogP contribution in [0.2, 0.25) is 5.02 Å². The summed E-state index contributed by atoms with van der Waals surface area (Å²) in [5.74, 6) is 0.107. The van der Waals surface area contributed by atoms with Crippen molar-refractivity contribution in [1.82, 2.24) is 0 Å². The molecule has 1 aliphatic carbocycles. The number of rotatable bonds is 6. The maximum atomic E-state index is 13.3. The largest absolute Gasteiger partial charge is 0.393 e. The molecule has 0 radical (unpaired) electrons. The summed E-state index contributed by atoms with van der Waals surface area (Å²) >= 11 is 5.63. The second-order valence-electron chi connectivity index (χ2n) is 5.26. The van der Waals surface area contributed by atoms with Gasteiger partial charge in [-0.3, -0.25) is 0 Å². The molecule has 1 saturated carbocycles. The summed E-state index contributed by atoms with van der Waals surface area (Å²) in [5.41, 5.74) is 0.787. The maximum absolute atomic E-state index is 13.3. The van der Waals surface area contributed by atoms with Crippen molar-refractivity contribution in [2.45, 2.75) is 44.8 Å². The molecule has 0 saturated heterocycles. The molecule has 0 amide bonds. The molecule has 0 aromatic heterocycles. The maximum Gasteiger partial charge on any atom is 0.142 e. The Morgan fingerprint density at radius 3 is 2.84 bits per heavy atom. The molecule has 19 heavy (non-hydrogen) atoms. The van der Waals surface area contributed by atoms with Crippen molar-refractivity contribution < 1.29 is 14.2 Å². The molecule has 0 bridgehead atoms. The lowest BCUT2D eigenvalue weighted by molar-refractivity contribution is -0.0375. The molecule has 1 aromatic rings. The van der Waals surface area contributed by atoms with Gasteiger partial charge in [0.05, 0.1) is 17.2 Å². The van der Waals surface area contributed by atoms with E-state index in [2.05, 4.69) is 0 Å². The van der Waals surface area contributed by atoms with Crippen LogP contribution in [0.1, 0.15) is 31.7 Å². The Bertz CT molecular complexity index is 419. The van der Waals surface area contributed by atoms with Gasteiger partial charge in [-0.05, 0) is 56.2 Å². The number of halogens is 2. The predicted molar refractivity (Wildman–Crippen MR) is 73.9 cm³/mol. The number of aliphatic hydroxyl groups excluding tert-OH is 1. The lowest BCUT2D eigenvalue weighted by atomic mass is 9.78. The van der Waals surface area contributed by atoms with E-state index in [4.69, 9.17) is 16.3 Å². The van der Waals surface area contributed by atoms with Crippen LogP contribution >= 0.6 is 11.6 Å². The Balaban J connectivity index is 1.75. The first kappa shape index (κ1) is 14.8. The SMILES string of the molecule is CCOC1CC(CC(O)Cc2ccc(Cl)c(F)c2)C1. The minimum Gasteiger partial charge on any atom is -0.393 e. The zero-order chi connectivity index (χ0) is 13.8. The van der Waals surface area contributed by atoms with E-state index in [0.717, 1.165) is 31.4 Å². The molecule has 1 atom stereocenters. The van der Waals surface area contributed by atoms with Crippen molar-refractivity contribution in [3.05, 3.63) is 34.6 Å². The van der Waals surface area contributed by atoms with Crippen molar-refractivity contribution in [2.75, 3.05) is 6.61 Å². The minimum atomic E-state index is -0.425. The molecule has 0 heterocycles. The van der Waals surface area contributed by atoms with Crippen LogP contribution < -0.4 is 0 Å². The molecular weight excluding hydrogens is 267 g/mol. The standard InChI is InChI=1S/C15H20ClFO2/c1-2-19-13-7-11(8-13)6-12(18)5-10-3-4-14(16)15(17)9-10/h3-4,9,11-13,18H,2,5-8H2,1H3. The summed E-state index contributed by atoms with van der Waals surface area (Å²) < 4.78 is 18.8. The highest BCUT2D eigenvalue weighted by molar-refractivity contribution is 6.30. The first-order valence-electron chi connectivity index (χ1n) is 6.82. The van der Waals surface area contributed by atoms with Gasteiger partial charge in [-0.15, -0.1) is 0 Å². The van der Waals surface area contributed by atoms with E-state index in [0.29, 0.717) is 18.4 Å². The van der Waals surface area contributed by atoms with Gasteiger partial charge in [0.1, 0.15) is 5.82 Å². The molecule has 1 aliphatic rings. The third kappa shape index (κ3) is 4.16. The third-order valence-corrected chi connectivity index (χ3v) is 3.96. The first-order valence-corrected chi connectivity index (χ1v) is 7.19. The predicted octanol–water partition coefficient (Wildman–Crippen LogP) is 3.59. The highest BCUT2D eigenvalue weighted by Gasteiger charge is 2.30. The zero-order valence-electron chi connectivity index (χ0n) is 11.1. The summed E-state index contributed by atoms with van der Waals surface area (Å²) in [6.45, 7) is 2.75. The topological polar surface area (TPSA) is 29.5 Å². The van der Waals surface area contributed by atoms with Crippen molar-refractivity contribution in [2.24, 2.45) is 5.92 Å². The van der Waals surface area contributed by atoms with Crippen LogP contribution in [0, 0.1) is 11.7 Å². The number of aliphatic hydroxyl groups is 1. The van der Waals surface area contributed by atoms with Gasteiger partial charge in [-0.2, -0.15) is 0 Å². The molecule has 2 nitrogen and oxygen atoms in total. The first-order chi connectivity index (χ1) is 9.08. The molecule has 1 N–H and O–H groups in total. The molecule has 0 spiro atoms. The molecular formula is C15H20ClFO2. The van der Waals surface area contributed by atoms with Crippen LogP contribution in [-0.4, -0.2) is 23.9 Å². The van der Waals surface area contributed by atoms with Crippen molar-refractivity contribution in [1.29, 1.82) is 0 Å². The van der Waals surface area contributed by atoms with Crippen LogP contribution in [0.15, 0.2) is 18.2 Å². The van der Waals surface area contributed by atoms with Gasteiger partial charge < -0.3 is 9.84 Å². The van der Waals surface area contributed by atoms with E-state index in [1.807, 2.05) is 6.92 Å². The molecule has 2 rings (SSSR count). The van der Waals surface area contributed by atoms with Gasteiger partial charge in [0.2, 0.25) is 0 Å². The fourth-order valence-corrected chi connectivity index (χ4v) is 2.76. The van der Waals surface area contributed by atoms with Gasteiger partial charge in [-0.25, -0.2) is 4.39 Å². The Kier molecular flexibility index (Phi) is 5.20. The van der Waals surface area contributed by atoms with Gasteiger partial charge in [-0.1, -0.05) is 17.7 Å². The van der Waals surface area contributed by atoms with E-state index in [1.165, 1.54) is 12.1 Å². The summed E-state index contributed by atoms with van der Waals surface area (Å²) in [4.78, 5) is 0. The van der Waals surface area contributed by atoms with Crippen LogP contribution in [0.25, 0.3) is 0 Å². The smallest absolute Gasteiger partial charge is 0.142 e. The molecule has 1 unspecified atom stereocenters. The van der Waals surface area contributed by atoms with Crippen LogP contribution in [0.4, 0.5) is 4.39 Å². The quantitative estimate of drug-likeness (QED) is 0.866. The molecule has 1 fully saturated rings. The molecule has 1 aromatic carbocycles. The Hall–Kier alpha value is -0.640. The average molecular weight is 287 g/mol. The van der Waals surface area contributed by atoms with Crippen molar-refractivity contribution >= 4 is 11.6 Å². The van der Waals surface area contributed by atoms with Crippen LogP contribution in [0.5, 0.6) is 0 Å². The second kappa shape index (κ2) is 6.69. The summed E-state index contributed by atoms with van der Waals surface area (Å²) in [6.07, 6.45) is 3.24. The Morgan fingerprint density at radius 1 is 1.47 bits per heavy atom. The van der Waals surface area contributed by atoms with Gasteiger partial charge in [0.15, 0.2) is 0 Å². The average Bonchev–Trinajstić information content (AvgIpc) is 2.31. The van der Waals surface area contributed by atoms with Crippen molar-refractivity contribution in [3.63, 3.8) is 0 Å². The highest BCUT2D eigenvalue weighted by Crippen LogP contribution is 2.34. The molecule has 106 valence electrons. The summed E-state index contributed by atoms with van der Waals surface area (Å²) in [7, 11) is 0. The zero-order valence-corrected chi connectivity index (χ0v) is 11.9. The van der Waals surface area contributed by atoms with E-state index >= 15 is 0 Å². The number of hydrogen-bond acceptors (Lipinski definition) is 2. The monoisotopic (exact) mass is 286 g/mol. The van der Waals surface area contributed by atoms with Crippen molar-refractivity contribution in [3.8, 4) is 0 Å². The molecule has 4 heteroatoms. The fraction of sp³-hybridized carbons (Fsp3) is 0.600. The normalized spacial score (nSPS) is 24.0. The van der Waals surface area contributed by atoms with E-state index in [9.17, 15) is 9.50 Å². The second-order valence-corrected chi connectivity index (χ2v) is 5.66. The number of hydrogen-bond donors (Lipinski definition) is 1. The lowest BCUT2D eigenvalue weighted by Crippen LogP contribution is -2.34. The lowest BCUT2D eigenvalue weighted by Gasteiger charge is -2.36. The van der Waals surface area contributed by atoms with Crippen LogP contribution in [0.3, 0.4) is 0 Å². The van der Waals surface area contributed by atoms with Gasteiger partial charge in [0.25, 0.3) is 0 Å². The molecule has 0 aliphatic heterocycles. The number of ether oxygens (including phenoxy) is 1. The Labute approximate surface area is 118 Å². The minimum absolute atomic E-state index is 0.122. The van der Waals surface area contributed by atoms with E-state index in [-0.39, 0.29) is 5.02 Å². The Morgan fingerprint density at radius 2 is 2.21 bits per heavy atom. The van der Waals surface area contributed by atoms with Crippen LogP contribution in [-0.2, 0) is 11.2 Å². The highest BCUT2D eigenvalue weighted by atomic mass is 35.5. The van der Waals surface area contributed by atoms with Gasteiger partial charge >= 0.3 is 0 Å². The van der Waals surface area contributed by atoms with E-state index in [1.54, 1.807) is 6.07 Å². The third-order valence-electron chi connectivity index (χ3n) is 3.66. The fourth-order valence-electron chi connectivity index (χ4n) is 2.65. The number of benzene rings is 1. The summed E-state index contributed by atoms with van der Waals surface area (Å²) in [5, 5.41) is 10.1. The summed E-state index contributed by atoms with van der Waals surface area (Å²) in [6, 6.07) is 4.70. The van der Waals surface area contributed by atoms with Gasteiger partial charge in [0, 0.05) is 6.61 Å².